The topological polar surface area (TPSA) is 67.9 Å². The molecule has 2 amide bonds. The molecule has 6 nitrogen and oxygen atoms in total. The number of nitrogens with one attached hydrogen (secondary N) is 1. The van der Waals surface area contributed by atoms with Crippen molar-refractivity contribution in [2.24, 2.45) is 0 Å². The van der Waals surface area contributed by atoms with E-state index in [1.54, 1.807) is 32.4 Å². The summed E-state index contributed by atoms with van der Waals surface area (Å²) >= 11 is 0. The van der Waals surface area contributed by atoms with Gasteiger partial charge in [0.15, 0.2) is 0 Å². The number of halogens is 1. The number of hydrogen-bond acceptors (Lipinski definition) is 4. The number of ether oxygens (including phenoxy) is 2. The molecule has 2 aliphatic rings. The van der Waals surface area contributed by atoms with Gasteiger partial charge in [-0.25, -0.2) is 4.39 Å². The van der Waals surface area contributed by atoms with E-state index in [0.29, 0.717) is 35.5 Å². The molecule has 2 aliphatic heterocycles. The molecule has 30 heavy (non-hydrogen) atoms. The molecule has 2 heterocycles. The number of carbonyl (C=O) groups excluding carboxylic acids is 2. The predicted molar refractivity (Wildman–Crippen MR) is 109 cm³/mol. The van der Waals surface area contributed by atoms with Crippen molar-refractivity contribution in [3.63, 3.8) is 0 Å². The third kappa shape index (κ3) is 3.97. The van der Waals surface area contributed by atoms with Crippen LogP contribution in [0.25, 0.3) is 0 Å². The molecule has 1 N–H and O–H groups in total. The van der Waals surface area contributed by atoms with Gasteiger partial charge in [0.2, 0.25) is 0 Å². The number of hydrogen-bond donors (Lipinski definition) is 1. The van der Waals surface area contributed by atoms with Gasteiger partial charge in [0.05, 0.1) is 14.2 Å². The highest BCUT2D eigenvalue weighted by Crippen LogP contribution is 2.37. The van der Waals surface area contributed by atoms with Crippen molar-refractivity contribution in [2.75, 3.05) is 14.2 Å². The zero-order chi connectivity index (χ0) is 21.3. The lowest BCUT2D eigenvalue weighted by Crippen LogP contribution is -2.52. The molecule has 2 saturated heterocycles. The average Bonchev–Trinajstić information content (AvgIpc) is 3.03. The van der Waals surface area contributed by atoms with E-state index in [4.69, 9.17) is 9.47 Å². The van der Waals surface area contributed by atoms with Crippen LogP contribution in [0.1, 0.15) is 46.4 Å². The smallest absolute Gasteiger partial charge is 0.254 e. The molecule has 7 heteroatoms. The molecular weight excluding hydrogens is 387 g/mol. The maximum Gasteiger partial charge on any atom is 0.254 e. The van der Waals surface area contributed by atoms with E-state index in [0.717, 1.165) is 12.8 Å². The Morgan fingerprint density at radius 1 is 0.933 bits per heavy atom. The molecule has 0 aromatic heterocycles. The number of benzene rings is 2. The second-order valence-electron chi connectivity index (χ2n) is 7.85. The quantitative estimate of drug-likeness (QED) is 0.817. The molecular formula is C23H25FN2O4. The maximum atomic E-state index is 13.3. The van der Waals surface area contributed by atoms with Crippen LogP contribution in [0, 0.1) is 5.82 Å². The number of fused-ring (bicyclic) bond motifs is 2. The number of carbonyl (C=O) groups is 2. The average molecular weight is 412 g/mol. The Bertz CT molecular complexity index is 910. The lowest BCUT2D eigenvalue weighted by Gasteiger charge is -2.39. The Morgan fingerprint density at radius 2 is 1.50 bits per heavy atom. The third-order valence-electron chi connectivity index (χ3n) is 6.01. The summed E-state index contributed by atoms with van der Waals surface area (Å²) in [4.78, 5) is 27.7. The summed E-state index contributed by atoms with van der Waals surface area (Å²) in [6, 6.07) is 10.9. The minimum atomic E-state index is -0.370. The fourth-order valence-electron chi connectivity index (χ4n) is 4.58. The van der Waals surface area contributed by atoms with Crippen LogP contribution >= 0.6 is 0 Å². The first-order chi connectivity index (χ1) is 14.5. The molecule has 1 unspecified atom stereocenters. The van der Waals surface area contributed by atoms with Crippen molar-refractivity contribution in [1.82, 2.24) is 10.2 Å². The summed E-state index contributed by atoms with van der Waals surface area (Å²) in [6.07, 6.45) is 3.24. The van der Waals surface area contributed by atoms with Crippen molar-refractivity contribution in [3.05, 3.63) is 59.4 Å². The fourth-order valence-corrected chi connectivity index (χ4v) is 4.58. The Balaban J connectivity index is 1.46. The summed E-state index contributed by atoms with van der Waals surface area (Å²) in [5.74, 6) is 0.531. The van der Waals surface area contributed by atoms with Crippen LogP contribution in [0.2, 0.25) is 0 Å². The summed E-state index contributed by atoms with van der Waals surface area (Å²) in [5, 5.41) is 3.05. The highest BCUT2D eigenvalue weighted by molar-refractivity contribution is 5.96. The molecule has 2 bridgehead atoms. The van der Waals surface area contributed by atoms with E-state index in [1.807, 2.05) is 4.90 Å². The van der Waals surface area contributed by atoms with Crippen molar-refractivity contribution in [2.45, 2.75) is 43.8 Å². The molecule has 2 aromatic rings. The Kier molecular flexibility index (Phi) is 5.61. The van der Waals surface area contributed by atoms with Crippen LogP contribution in [-0.2, 0) is 0 Å². The molecule has 3 atom stereocenters. The lowest BCUT2D eigenvalue weighted by atomic mass is 9.95. The van der Waals surface area contributed by atoms with Crippen LogP contribution in [0.3, 0.4) is 0 Å². The fraction of sp³-hybridized carbons (Fsp3) is 0.391. The zero-order valence-corrected chi connectivity index (χ0v) is 17.1. The largest absolute Gasteiger partial charge is 0.497 e. The van der Waals surface area contributed by atoms with Crippen LogP contribution in [0.4, 0.5) is 4.39 Å². The summed E-state index contributed by atoms with van der Waals surface area (Å²) in [6.45, 7) is 0. The first-order valence-corrected chi connectivity index (χ1v) is 10.1. The van der Waals surface area contributed by atoms with Crippen molar-refractivity contribution >= 4 is 11.8 Å². The third-order valence-corrected chi connectivity index (χ3v) is 6.01. The number of rotatable bonds is 5. The number of methoxy groups -OCH3 is 2. The van der Waals surface area contributed by atoms with Gasteiger partial charge in [-0.1, -0.05) is 0 Å². The maximum absolute atomic E-state index is 13.3. The number of nitrogens with zero attached hydrogens (tertiary/aromatic N) is 1. The number of amides is 2. The minimum absolute atomic E-state index is 0.0102. The molecule has 0 radical (unpaired) electrons. The van der Waals surface area contributed by atoms with Crippen molar-refractivity contribution < 1.29 is 23.5 Å². The summed E-state index contributed by atoms with van der Waals surface area (Å²) in [5.41, 5.74) is 0.975. The van der Waals surface area contributed by atoms with Crippen LogP contribution < -0.4 is 14.8 Å². The van der Waals surface area contributed by atoms with Gasteiger partial charge in [-0.15, -0.1) is 0 Å². The van der Waals surface area contributed by atoms with Crippen molar-refractivity contribution in [1.29, 1.82) is 0 Å². The highest BCUT2D eigenvalue weighted by atomic mass is 19.1. The van der Waals surface area contributed by atoms with Gasteiger partial charge in [0.1, 0.15) is 17.3 Å². The number of piperidine rings is 1. The predicted octanol–water partition coefficient (Wildman–Crippen LogP) is 3.41. The Morgan fingerprint density at radius 3 is 2.03 bits per heavy atom. The van der Waals surface area contributed by atoms with Gasteiger partial charge >= 0.3 is 0 Å². The van der Waals surface area contributed by atoms with Crippen LogP contribution in [-0.4, -0.2) is 49.1 Å². The van der Waals surface area contributed by atoms with E-state index in [9.17, 15) is 14.0 Å². The first-order valence-electron chi connectivity index (χ1n) is 10.1. The van der Waals surface area contributed by atoms with Gasteiger partial charge in [0.25, 0.3) is 11.8 Å². The molecule has 0 saturated carbocycles. The SMILES string of the molecule is COc1cc(OC)cc(C(=O)N2[C@@H]3CC[C@H]2CC(NC(=O)c2ccc(F)cc2)C3)c1. The summed E-state index contributed by atoms with van der Waals surface area (Å²) < 4.78 is 23.7. The summed E-state index contributed by atoms with van der Waals surface area (Å²) in [7, 11) is 3.12. The second-order valence-corrected chi connectivity index (χ2v) is 7.85. The second kappa shape index (κ2) is 8.34. The normalized spacial score (nSPS) is 22.5. The molecule has 0 spiro atoms. The van der Waals surface area contributed by atoms with E-state index in [1.165, 1.54) is 24.3 Å². The van der Waals surface area contributed by atoms with E-state index in [-0.39, 0.29) is 35.8 Å². The highest BCUT2D eigenvalue weighted by Gasteiger charge is 2.44. The van der Waals surface area contributed by atoms with E-state index in [2.05, 4.69) is 5.32 Å². The van der Waals surface area contributed by atoms with Crippen LogP contribution in [0.5, 0.6) is 11.5 Å². The van der Waals surface area contributed by atoms with Crippen molar-refractivity contribution in [3.8, 4) is 11.5 Å². The molecule has 158 valence electrons. The van der Waals surface area contributed by atoms with Gasteiger partial charge < -0.3 is 19.7 Å². The molecule has 2 aromatic carbocycles. The van der Waals surface area contributed by atoms with Gasteiger partial charge in [0, 0.05) is 35.3 Å². The van der Waals surface area contributed by atoms with Crippen LogP contribution in [0.15, 0.2) is 42.5 Å². The van der Waals surface area contributed by atoms with E-state index < -0.39 is 0 Å². The minimum Gasteiger partial charge on any atom is -0.497 e. The monoisotopic (exact) mass is 412 g/mol. The zero-order valence-electron chi connectivity index (χ0n) is 17.1. The Hall–Kier alpha value is -3.09. The van der Waals surface area contributed by atoms with Gasteiger partial charge in [-0.3, -0.25) is 9.59 Å². The molecule has 2 fully saturated rings. The Labute approximate surface area is 175 Å². The standard InChI is InChI=1S/C23H25FN2O4/c1-29-20-9-15(10-21(13-20)30-2)23(28)26-18-7-8-19(26)12-17(11-18)25-22(27)14-3-5-16(24)6-4-14/h3-6,9-10,13,17-19H,7-8,11-12H2,1-2H3,(H,25,27)/t17?,18-,19+. The first kappa shape index (κ1) is 20.2. The van der Waals surface area contributed by atoms with E-state index >= 15 is 0 Å². The molecule has 4 rings (SSSR count). The van der Waals surface area contributed by atoms with Gasteiger partial charge in [-0.2, -0.15) is 0 Å². The molecule has 0 aliphatic carbocycles. The van der Waals surface area contributed by atoms with Gasteiger partial charge in [-0.05, 0) is 62.1 Å². The lowest BCUT2D eigenvalue weighted by molar-refractivity contribution is 0.0549.